The molecule has 1 aromatic heterocycles. The fraction of sp³-hybridized carbons (Fsp3) is 0.636. The minimum absolute atomic E-state index is 0.124. The van der Waals surface area contributed by atoms with Crippen LogP contribution in [0, 0.1) is 5.92 Å². The summed E-state index contributed by atoms with van der Waals surface area (Å²) in [6, 6.07) is 4.55. The zero-order chi connectivity index (χ0) is 19.1. The molecule has 1 atom stereocenters. The molecule has 0 spiro atoms. The van der Waals surface area contributed by atoms with Crippen molar-refractivity contribution in [2.75, 3.05) is 32.7 Å². The van der Waals surface area contributed by atoms with Crippen molar-refractivity contribution in [1.82, 2.24) is 20.1 Å². The standard InChI is InChI=1S/C22H34N4O/c1-3-18(2)16-25-12-8-21(9-13-25)26-11-5-7-20(17-26)22(27)24-15-19-6-4-10-23-14-19/h3-4,6,10,14,20-21H,5,7-9,11-13,15-17H2,1-2H3,(H,24,27). The number of hydrogen-bond donors (Lipinski definition) is 1. The number of carbonyl (C=O) groups excluding carboxylic acids is 1. The van der Waals surface area contributed by atoms with Gasteiger partial charge in [-0.1, -0.05) is 17.7 Å². The lowest BCUT2D eigenvalue weighted by molar-refractivity contribution is -0.127. The van der Waals surface area contributed by atoms with E-state index in [1.54, 1.807) is 6.20 Å². The number of nitrogens with zero attached hydrogens (tertiary/aromatic N) is 3. The molecule has 3 rings (SSSR count). The predicted molar refractivity (Wildman–Crippen MR) is 109 cm³/mol. The minimum Gasteiger partial charge on any atom is -0.352 e. The van der Waals surface area contributed by atoms with Crippen LogP contribution in [-0.2, 0) is 11.3 Å². The van der Waals surface area contributed by atoms with Crippen molar-refractivity contribution in [3.63, 3.8) is 0 Å². The third-order valence-electron chi connectivity index (χ3n) is 6.05. The molecule has 5 nitrogen and oxygen atoms in total. The highest BCUT2D eigenvalue weighted by molar-refractivity contribution is 5.78. The van der Waals surface area contributed by atoms with Crippen LogP contribution >= 0.6 is 0 Å². The number of nitrogens with one attached hydrogen (secondary N) is 1. The van der Waals surface area contributed by atoms with E-state index in [1.807, 2.05) is 18.3 Å². The number of carbonyl (C=O) groups is 1. The van der Waals surface area contributed by atoms with E-state index in [9.17, 15) is 4.79 Å². The maximum atomic E-state index is 12.6. The highest BCUT2D eigenvalue weighted by Crippen LogP contribution is 2.24. The fourth-order valence-electron chi connectivity index (χ4n) is 4.27. The van der Waals surface area contributed by atoms with Crippen LogP contribution in [0.25, 0.3) is 0 Å². The molecule has 0 radical (unpaired) electrons. The van der Waals surface area contributed by atoms with E-state index in [-0.39, 0.29) is 11.8 Å². The van der Waals surface area contributed by atoms with Crippen LogP contribution in [0.2, 0.25) is 0 Å². The van der Waals surface area contributed by atoms with Gasteiger partial charge in [0.15, 0.2) is 0 Å². The maximum Gasteiger partial charge on any atom is 0.224 e. The number of likely N-dealkylation sites (tertiary alicyclic amines) is 2. The van der Waals surface area contributed by atoms with Crippen LogP contribution in [0.5, 0.6) is 0 Å². The largest absolute Gasteiger partial charge is 0.352 e. The molecule has 148 valence electrons. The summed E-state index contributed by atoms with van der Waals surface area (Å²) in [6.45, 7) is 10.4. The number of allylic oxidation sites excluding steroid dienone is 1. The third kappa shape index (κ3) is 5.88. The monoisotopic (exact) mass is 370 g/mol. The van der Waals surface area contributed by atoms with Crippen LogP contribution in [-0.4, -0.2) is 59.5 Å². The minimum atomic E-state index is 0.124. The molecule has 2 fully saturated rings. The van der Waals surface area contributed by atoms with Crippen LogP contribution in [0.15, 0.2) is 36.2 Å². The van der Waals surface area contributed by atoms with Gasteiger partial charge in [0.25, 0.3) is 0 Å². The molecule has 2 saturated heterocycles. The van der Waals surface area contributed by atoms with Crippen LogP contribution in [0.3, 0.4) is 0 Å². The first kappa shape index (κ1) is 20.0. The number of pyridine rings is 1. The van der Waals surface area contributed by atoms with Gasteiger partial charge in [-0.15, -0.1) is 0 Å². The Morgan fingerprint density at radius 2 is 2.11 bits per heavy atom. The van der Waals surface area contributed by atoms with Gasteiger partial charge in [0.1, 0.15) is 0 Å². The Balaban J connectivity index is 1.44. The summed E-state index contributed by atoms with van der Waals surface area (Å²) in [4.78, 5) is 21.9. The lowest BCUT2D eigenvalue weighted by atomic mass is 9.93. The Hall–Kier alpha value is -1.72. The van der Waals surface area contributed by atoms with Gasteiger partial charge >= 0.3 is 0 Å². The summed E-state index contributed by atoms with van der Waals surface area (Å²) in [7, 11) is 0. The first-order valence-electron chi connectivity index (χ1n) is 10.4. The fourth-order valence-corrected chi connectivity index (χ4v) is 4.27. The van der Waals surface area contributed by atoms with Crippen LogP contribution < -0.4 is 5.32 Å². The quantitative estimate of drug-likeness (QED) is 0.783. The summed E-state index contributed by atoms with van der Waals surface area (Å²) in [5.74, 6) is 0.323. The van der Waals surface area contributed by atoms with Gasteiger partial charge in [0.05, 0.1) is 5.92 Å². The van der Waals surface area contributed by atoms with Gasteiger partial charge in [-0.05, 0) is 70.8 Å². The van der Waals surface area contributed by atoms with Crippen molar-refractivity contribution in [2.24, 2.45) is 5.92 Å². The lowest BCUT2D eigenvalue weighted by Crippen LogP contribution is -2.50. The molecule has 0 aliphatic carbocycles. The molecular weight excluding hydrogens is 336 g/mol. The van der Waals surface area contributed by atoms with Crippen LogP contribution in [0.4, 0.5) is 0 Å². The van der Waals surface area contributed by atoms with Gasteiger partial charge in [-0.3, -0.25) is 19.6 Å². The maximum absolute atomic E-state index is 12.6. The SMILES string of the molecule is CC=C(C)CN1CCC(N2CCCC(C(=O)NCc3cccnc3)C2)CC1. The topological polar surface area (TPSA) is 48.5 Å². The smallest absolute Gasteiger partial charge is 0.224 e. The highest BCUT2D eigenvalue weighted by atomic mass is 16.1. The first-order chi connectivity index (χ1) is 13.2. The average molecular weight is 371 g/mol. The van der Waals surface area contributed by atoms with E-state index in [2.05, 4.69) is 40.0 Å². The molecular formula is C22H34N4O. The lowest BCUT2D eigenvalue weighted by Gasteiger charge is -2.42. The van der Waals surface area contributed by atoms with Gasteiger partial charge in [0, 0.05) is 38.1 Å². The Kier molecular flexibility index (Phi) is 7.41. The predicted octanol–water partition coefficient (Wildman–Crippen LogP) is 2.84. The summed E-state index contributed by atoms with van der Waals surface area (Å²) >= 11 is 0. The zero-order valence-electron chi connectivity index (χ0n) is 16.9. The molecule has 2 aliphatic rings. The number of piperidine rings is 2. The second kappa shape index (κ2) is 10.00. The van der Waals surface area contributed by atoms with E-state index in [0.29, 0.717) is 12.6 Å². The average Bonchev–Trinajstić information content (AvgIpc) is 2.73. The number of amides is 1. The van der Waals surface area contributed by atoms with E-state index >= 15 is 0 Å². The molecule has 1 N–H and O–H groups in total. The highest BCUT2D eigenvalue weighted by Gasteiger charge is 2.31. The summed E-state index contributed by atoms with van der Waals surface area (Å²) in [5, 5.41) is 3.11. The number of aromatic nitrogens is 1. The molecule has 1 unspecified atom stereocenters. The van der Waals surface area contributed by atoms with Gasteiger partial charge < -0.3 is 5.32 Å². The summed E-state index contributed by atoms with van der Waals surface area (Å²) in [6.07, 6.45) is 10.4. The van der Waals surface area contributed by atoms with Gasteiger partial charge in [-0.2, -0.15) is 0 Å². The van der Waals surface area contributed by atoms with Gasteiger partial charge in [-0.25, -0.2) is 0 Å². The first-order valence-corrected chi connectivity index (χ1v) is 10.4. The normalized spacial score (nSPS) is 23.3. The van der Waals surface area contributed by atoms with Crippen LogP contribution in [0.1, 0.15) is 45.1 Å². The van der Waals surface area contributed by atoms with Crippen molar-refractivity contribution in [2.45, 2.75) is 52.1 Å². The Labute approximate surface area is 163 Å². The molecule has 3 heterocycles. The second-order valence-electron chi connectivity index (χ2n) is 8.06. The summed E-state index contributed by atoms with van der Waals surface area (Å²) in [5.41, 5.74) is 2.51. The Morgan fingerprint density at radius 3 is 2.81 bits per heavy atom. The molecule has 1 aromatic rings. The molecule has 5 heteroatoms. The molecule has 0 saturated carbocycles. The Morgan fingerprint density at radius 1 is 1.30 bits per heavy atom. The molecule has 1 amide bonds. The van der Waals surface area contributed by atoms with Crippen molar-refractivity contribution in [1.29, 1.82) is 0 Å². The number of rotatable bonds is 6. The molecule has 0 bridgehead atoms. The third-order valence-corrected chi connectivity index (χ3v) is 6.05. The zero-order valence-corrected chi connectivity index (χ0v) is 16.9. The van der Waals surface area contributed by atoms with Gasteiger partial charge in [0.2, 0.25) is 5.91 Å². The van der Waals surface area contributed by atoms with Crippen molar-refractivity contribution >= 4 is 5.91 Å². The molecule has 27 heavy (non-hydrogen) atoms. The van der Waals surface area contributed by atoms with E-state index in [4.69, 9.17) is 0 Å². The van der Waals surface area contributed by atoms with E-state index in [0.717, 1.165) is 38.0 Å². The second-order valence-corrected chi connectivity index (χ2v) is 8.06. The number of hydrogen-bond acceptors (Lipinski definition) is 4. The molecule has 0 aromatic carbocycles. The van der Waals surface area contributed by atoms with Crippen molar-refractivity contribution in [3.8, 4) is 0 Å². The van der Waals surface area contributed by atoms with Crippen molar-refractivity contribution in [3.05, 3.63) is 41.7 Å². The van der Waals surface area contributed by atoms with Crippen molar-refractivity contribution < 1.29 is 4.79 Å². The summed E-state index contributed by atoms with van der Waals surface area (Å²) < 4.78 is 0. The van der Waals surface area contributed by atoms with E-state index < -0.39 is 0 Å². The van der Waals surface area contributed by atoms with E-state index in [1.165, 1.54) is 31.5 Å². The molecule has 2 aliphatic heterocycles. The Bertz CT molecular complexity index is 622.